The molecule has 0 amide bonds. The predicted molar refractivity (Wildman–Crippen MR) is 49.4 cm³/mol. The lowest BCUT2D eigenvalue weighted by Crippen LogP contribution is -2.43. The maximum Gasteiger partial charge on any atom is 0.222 e. The van der Waals surface area contributed by atoms with Gasteiger partial charge in [-0.25, -0.2) is 9.97 Å². The van der Waals surface area contributed by atoms with Crippen molar-refractivity contribution in [3.63, 3.8) is 0 Å². The highest BCUT2D eigenvalue weighted by atomic mass is 16.3. The van der Waals surface area contributed by atoms with Crippen LogP contribution in [0.1, 0.15) is 18.4 Å². The van der Waals surface area contributed by atoms with Crippen LogP contribution in [-0.2, 0) is 0 Å². The van der Waals surface area contributed by atoms with Gasteiger partial charge in [-0.3, -0.25) is 0 Å². The SMILES string of the molecule is Cc1cnc(N[C@@H]2CC[C@H]2O)nc1. The first-order valence-electron chi connectivity index (χ1n) is 4.49. The van der Waals surface area contributed by atoms with Gasteiger partial charge in [0.15, 0.2) is 0 Å². The van der Waals surface area contributed by atoms with Crippen LogP contribution in [0.5, 0.6) is 0 Å². The molecule has 1 saturated carbocycles. The van der Waals surface area contributed by atoms with Crippen molar-refractivity contribution in [3.05, 3.63) is 18.0 Å². The normalized spacial score (nSPS) is 26.6. The third-order valence-electron chi connectivity index (χ3n) is 2.33. The van der Waals surface area contributed by atoms with Gasteiger partial charge in [-0.05, 0) is 25.3 Å². The van der Waals surface area contributed by atoms with Gasteiger partial charge in [0.05, 0.1) is 12.1 Å². The smallest absolute Gasteiger partial charge is 0.222 e. The Morgan fingerprint density at radius 1 is 1.38 bits per heavy atom. The Balaban J connectivity index is 1.98. The third kappa shape index (κ3) is 1.78. The largest absolute Gasteiger partial charge is 0.391 e. The molecule has 4 heteroatoms. The summed E-state index contributed by atoms with van der Waals surface area (Å²) in [5.74, 6) is 0.606. The van der Waals surface area contributed by atoms with E-state index in [9.17, 15) is 5.11 Å². The quantitative estimate of drug-likeness (QED) is 0.702. The fourth-order valence-electron chi connectivity index (χ4n) is 1.28. The fraction of sp³-hybridized carbons (Fsp3) is 0.556. The molecule has 2 rings (SSSR count). The Bertz CT molecular complexity index is 285. The van der Waals surface area contributed by atoms with Crippen LogP contribution in [0.3, 0.4) is 0 Å². The Labute approximate surface area is 77.0 Å². The van der Waals surface area contributed by atoms with E-state index in [-0.39, 0.29) is 12.1 Å². The first-order chi connectivity index (χ1) is 6.25. The summed E-state index contributed by atoms with van der Waals surface area (Å²) in [5, 5.41) is 12.4. The van der Waals surface area contributed by atoms with Gasteiger partial charge in [0.25, 0.3) is 0 Å². The predicted octanol–water partition coefficient (Wildman–Crippen LogP) is 0.720. The second-order valence-corrected chi connectivity index (χ2v) is 3.48. The zero-order valence-corrected chi connectivity index (χ0v) is 7.57. The zero-order valence-electron chi connectivity index (χ0n) is 7.57. The Morgan fingerprint density at radius 3 is 2.54 bits per heavy atom. The highest BCUT2D eigenvalue weighted by Gasteiger charge is 2.28. The number of aliphatic hydroxyl groups excluding tert-OH is 1. The molecule has 70 valence electrons. The molecule has 0 unspecified atom stereocenters. The van der Waals surface area contributed by atoms with Gasteiger partial charge < -0.3 is 10.4 Å². The molecule has 13 heavy (non-hydrogen) atoms. The molecule has 1 aliphatic rings. The van der Waals surface area contributed by atoms with E-state index in [1.165, 1.54) is 0 Å². The van der Waals surface area contributed by atoms with Gasteiger partial charge >= 0.3 is 0 Å². The summed E-state index contributed by atoms with van der Waals surface area (Å²) in [6.45, 7) is 1.95. The molecular weight excluding hydrogens is 166 g/mol. The number of hydrogen-bond acceptors (Lipinski definition) is 4. The van der Waals surface area contributed by atoms with Crippen molar-refractivity contribution in [2.24, 2.45) is 0 Å². The highest BCUT2D eigenvalue weighted by Crippen LogP contribution is 2.22. The van der Waals surface area contributed by atoms with Crippen LogP contribution in [0.25, 0.3) is 0 Å². The van der Waals surface area contributed by atoms with Crippen LogP contribution >= 0.6 is 0 Å². The van der Waals surface area contributed by atoms with Crippen LogP contribution in [0, 0.1) is 6.92 Å². The fourth-order valence-corrected chi connectivity index (χ4v) is 1.28. The third-order valence-corrected chi connectivity index (χ3v) is 2.33. The molecule has 1 fully saturated rings. The van der Waals surface area contributed by atoms with E-state index in [0.29, 0.717) is 5.95 Å². The maximum absolute atomic E-state index is 9.31. The molecule has 0 spiro atoms. The van der Waals surface area contributed by atoms with E-state index < -0.39 is 0 Å². The van der Waals surface area contributed by atoms with Crippen molar-refractivity contribution in [1.82, 2.24) is 9.97 Å². The van der Waals surface area contributed by atoms with Crippen molar-refractivity contribution in [2.75, 3.05) is 5.32 Å². The Morgan fingerprint density at radius 2 is 2.08 bits per heavy atom. The molecule has 0 saturated heterocycles. The molecule has 0 bridgehead atoms. The summed E-state index contributed by atoms with van der Waals surface area (Å²) in [7, 11) is 0. The topological polar surface area (TPSA) is 58.0 Å². The number of aryl methyl sites for hydroxylation is 1. The first-order valence-corrected chi connectivity index (χ1v) is 4.49. The van der Waals surface area contributed by atoms with E-state index in [4.69, 9.17) is 0 Å². The van der Waals surface area contributed by atoms with Crippen LogP contribution < -0.4 is 5.32 Å². The van der Waals surface area contributed by atoms with Gasteiger partial charge in [-0.2, -0.15) is 0 Å². The molecule has 1 aliphatic carbocycles. The molecule has 2 atom stereocenters. The van der Waals surface area contributed by atoms with Crippen LogP contribution in [0.15, 0.2) is 12.4 Å². The van der Waals surface area contributed by atoms with Crippen LogP contribution in [0.4, 0.5) is 5.95 Å². The van der Waals surface area contributed by atoms with Crippen molar-refractivity contribution in [3.8, 4) is 0 Å². The summed E-state index contributed by atoms with van der Waals surface area (Å²) < 4.78 is 0. The van der Waals surface area contributed by atoms with Crippen molar-refractivity contribution in [2.45, 2.75) is 31.9 Å². The second-order valence-electron chi connectivity index (χ2n) is 3.48. The second kappa shape index (κ2) is 3.30. The van der Waals surface area contributed by atoms with E-state index in [1.807, 2.05) is 6.92 Å². The van der Waals surface area contributed by atoms with E-state index in [0.717, 1.165) is 18.4 Å². The van der Waals surface area contributed by atoms with Crippen LogP contribution in [0.2, 0.25) is 0 Å². The maximum atomic E-state index is 9.31. The lowest BCUT2D eigenvalue weighted by molar-refractivity contribution is 0.0782. The monoisotopic (exact) mass is 179 g/mol. The average molecular weight is 179 g/mol. The number of rotatable bonds is 2. The highest BCUT2D eigenvalue weighted by molar-refractivity contribution is 5.27. The van der Waals surface area contributed by atoms with E-state index >= 15 is 0 Å². The minimum atomic E-state index is -0.232. The van der Waals surface area contributed by atoms with Gasteiger partial charge in [0.2, 0.25) is 5.95 Å². The van der Waals surface area contributed by atoms with Crippen molar-refractivity contribution >= 4 is 5.95 Å². The number of nitrogens with zero attached hydrogens (tertiary/aromatic N) is 2. The first kappa shape index (κ1) is 8.44. The summed E-state index contributed by atoms with van der Waals surface area (Å²) in [4.78, 5) is 8.20. The van der Waals surface area contributed by atoms with Crippen LogP contribution in [-0.4, -0.2) is 27.2 Å². The van der Waals surface area contributed by atoms with Crippen molar-refractivity contribution in [1.29, 1.82) is 0 Å². The molecule has 1 heterocycles. The Hall–Kier alpha value is -1.16. The number of aromatic nitrogens is 2. The molecule has 0 radical (unpaired) electrons. The number of nitrogens with one attached hydrogen (secondary N) is 1. The molecule has 4 nitrogen and oxygen atoms in total. The number of hydrogen-bond donors (Lipinski definition) is 2. The Kier molecular flexibility index (Phi) is 2.14. The minimum absolute atomic E-state index is 0.141. The summed E-state index contributed by atoms with van der Waals surface area (Å²) in [6, 6.07) is 0.141. The standard InChI is InChI=1S/C9H13N3O/c1-6-4-10-9(11-5-6)12-7-2-3-8(7)13/h4-5,7-8,13H,2-3H2,1H3,(H,10,11,12)/t7-,8-/m1/s1. The molecule has 0 aromatic carbocycles. The lowest BCUT2D eigenvalue weighted by Gasteiger charge is -2.32. The van der Waals surface area contributed by atoms with Gasteiger partial charge in [0.1, 0.15) is 0 Å². The average Bonchev–Trinajstić information content (AvgIpc) is 2.15. The molecule has 1 aromatic rings. The number of aliphatic hydroxyl groups is 1. The summed E-state index contributed by atoms with van der Waals surface area (Å²) >= 11 is 0. The van der Waals surface area contributed by atoms with E-state index in [1.54, 1.807) is 12.4 Å². The molecule has 1 aromatic heterocycles. The molecular formula is C9H13N3O. The molecule has 0 aliphatic heterocycles. The van der Waals surface area contributed by atoms with E-state index in [2.05, 4.69) is 15.3 Å². The lowest BCUT2D eigenvalue weighted by atomic mass is 9.89. The molecule has 2 N–H and O–H groups in total. The van der Waals surface area contributed by atoms with Gasteiger partial charge in [-0.1, -0.05) is 0 Å². The zero-order chi connectivity index (χ0) is 9.26. The van der Waals surface area contributed by atoms with Gasteiger partial charge in [0, 0.05) is 12.4 Å². The number of anilines is 1. The summed E-state index contributed by atoms with van der Waals surface area (Å²) in [5.41, 5.74) is 1.04. The van der Waals surface area contributed by atoms with Gasteiger partial charge in [-0.15, -0.1) is 0 Å². The van der Waals surface area contributed by atoms with Crippen molar-refractivity contribution < 1.29 is 5.11 Å². The summed E-state index contributed by atoms with van der Waals surface area (Å²) in [6.07, 6.45) is 5.17. The minimum Gasteiger partial charge on any atom is -0.391 e.